The number of nitrogens with one attached hydrogen (secondary N) is 1. The summed E-state index contributed by atoms with van der Waals surface area (Å²) in [5, 5.41) is 0.517. The van der Waals surface area contributed by atoms with Gasteiger partial charge in [0.25, 0.3) is 0 Å². The maximum absolute atomic E-state index is 11.1. The van der Waals surface area contributed by atoms with Crippen LogP contribution in [0.1, 0.15) is 16.6 Å². The molecule has 2 rings (SSSR count). The van der Waals surface area contributed by atoms with E-state index in [9.17, 15) is 4.79 Å². The van der Waals surface area contributed by atoms with Gasteiger partial charge in [-0.3, -0.25) is 0 Å². The van der Waals surface area contributed by atoms with Crippen LogP contribution in [-0.4, -0.2) is 25.3 Å². The second-order valence-corrected chi connectivity index (χ2v) is 3.47. The predicted octanol–water partition coefficient (Wildman–Crippen LogP) is 1.79. The van der Waals surface area contributed by atoms with Gasteiger partial charge < -0.3 is 14.8 Å². The molecule has 4 heteroatoms. The van der Waals surface area contributed by atoms with Gasteiger partial charge in [0.05, 0.1) is 12.0 Å². The summed E-state index contributed by atoms with van der Waals surface area (Å²) in [6.45, 7) is 2.51. The van der Waals surface area contributed by atoms with Gasteiger partial charge in [-0.25, -0.2) is 4.79 Å². The largest absolute Gasteiger partial charge is 0.490 e. The number of carbonyl (C=O) groups is 1. The normalized spacial score (nSPS) is 28.8. The third kappa shape index (κ3) is 2.66. The minimum atomic E-state index is -1.74. The van der Waals surface area contributed by atoms with E-state index in [4.69, 9.17) is 16.4 Å². The van der Waals surface area contributed by atoms with Crippen molar-refractivity contribution in [1.29, 1.82) is 0 Å². The number of hydrogen-bond donors (Lipinski definition) is 1. The number of hydrogen-bond acceptors (Lipinski definition) is 3. The highest BCUT2D eigenvalue weighted by atomic mass is 16.6. The van der Waals surface area contributed by atoms with Gasteiger partial charge in [0.15, 0.2) is 7.49 Å². The molecule has 0 aromatic heterocycles. The first kappa shape index (κ1) is 6.13. The quantitative estimate of drug-likeness (QED) is 0.854. The molecule has 1 aromatic rings. The van der Waals surface area contributed by atoms with Crippen LogP contribution in [0.25, 0.3) is 0 Å². The second kappa shape index (κ2) is 4.43. The van der Waals surface area contributed by atoms with Crippen molar-refractivity contribution < 1.29 is 21.2 Å². The van der Waals surface area contributed by atoms with Crippen molar-refractivity contribution in [1.82, 2.24) is 5.31 Å². The van der Waals surface area contributed by atoms with Crippen molar-refractivity contribution in [2.24, 2.45) is 0 Å². The Balaban J connectivity index is 2.24. The van der Waals surface area contributed by atoms with Crippen LogP contribution in [0.15, 0.2) is 18.1 Å². The monoisotopic (exact) mass is 226 g/mol. The smallest absolute Gasteiger partial charge is 0.407 e. The fraction of sp³-hybridized carbons (Fsp3) is 0.417. The minimum absolute atomic E-state index is 0.0490. The van der Waals surface area contributed by atoms with Gasteiger partial charge in [-0.1, -0.05) is 6.04 Å². The SMILES string of the molecule is [2H]c1c(C)c([2H])c(OCC2([2H])CN([2H])C(=O)O2)c([2H])c1C. The summed E-state index contributed by atoms with van der Waals surface area (Å²) < 4.78 is 48.8. The van der Waals surface area contributed by atoms with E-state index in [2.05, 4.69) is 0 Å². The zero-order valence-electron chi connectivity index (χ0n) is 14.1. The first-order chi connectivity index (χ1) is 9.66. The summed E-state index contributed by atoms with van der Waals surface area (Å²) in [5.74, 6) is -0.0490. The Kier molecular flexibility index (Phi) is 1.70. The maximum Gasteiger partial charge on any atom is 0.407 e. The lowest BCUT2D eigenvalue weighted by molar-refractivity contribution is 0.105. The second-order valence-electron chi connectivity index (χ2n) is 3.47. The molecule has 16 heavy (non-hydrogen) atoms. The summed E-state index contributed by atoms with van der Waals surface area (Å²) in [4.78, 5) is 11.1. The van der Waals surface area contributed by atoms with E-state index in [0.29, 0.717) is 16.4 Å². The predicted molar refractivity (Wildman–Crippen MR) is 59.7 cm³/mol. The van der Waals surface area contributed by atoms with Gasteiger partial charge >= 0.3 is 6.09 Å². The number of amides is 1. The molecule has 0 radical (unpaired) electrons. The van der Waals surface area contributed by atoms with E-state index < -0.39 is 12.2 Å². The fourth-order valence-corrected chi connectivity index (χ4v) is 1.36. The summed E-state index contributed by atoms with van der Waals surface area (Å²) in [6, 6.07) is -0.0694. The molecule has 0 aliphatic carbocycles. The van der Waals surface area contributed by atoms with Gasteiger partial charge in [0.1, 0.15) is 12.4 Å². The zero-order valence-corrected chi connectivity index (χ0v) is 9.09. The molecule has 1 aromatic carbocycles. The van der Waals surface area contributed by atoms with Gasteiger partial charge in [-0.15, -0.1) is 0 Å². The molecule has 1 amide bonds. The average Bonchev–Trinajstić information content (AvgIpc) is 2.68. The Labute approximate surface area is 102 Å². The number of alkyl carbamates (subject to hydrolysis) is 1. The summed E-state index contributed by atoms with van der Waals surface area (Å²) in [6.07, 6.45) is -2.67. The standard InChI is InChI=1S/C12H15NO3/c1-8-3-9(2)5-10(4-8)15-7-11-6-13-12(14)16-11/h3-5,11H,6-7H2,1-2H3,(H,13,14)/i3D,4D,5D,11D/hD. The summed E-state index contributed by atoms with van der Waals surface area (Å²) in [7, 11) is 0. The third-order valence-corrected chi connectivity index (χ3v) is 1.97. The van der Waals surface area contributed by atoms with E-state index in [-0.39, 0.29) is 37.0 Å². The van der Waals surface area contributed by atoms with Gasteiger partial charge in [-0.05, 0) is 37.1 Å². The molecular formula is C12H15NO3. The zero-order chi connectivity index (χ0) is 15.9. The molecule has 1 aliphatic rings. The number of cyclic esters (lactones) is 1. The summed E-state index contributed by atoms with van der Waals surface area (Å²) in [5.41, 5.74) is 0.756. The van der Waals surface area contributed by atoms with Crippen LogP contribution < -0.4 is 10.0 Å². The highest BCUT2D eigenvalue weighted by Crippen LogP contribution is 2.16. The molecule has 1 heterocycles. The molecule has 1 unspecified atom stereocenters. The lowest BCUT2D eigenvalue weighted by Crippen LogP contribution is -2.21. The Hall–Kier alpha value is -1.71. The summed E-state index contributed by atoms with van der Waals surface area (Å²) >= 11 is 0. The molecule has 0 spiro atoms. The molecule has 0 saturated carbocycles. The van der Waals surface area contributed by atoms with Crippen molar-refractivity contribution in [2.75, 3.05) is 13.2 Å². The Morgan fingerprint density at radius 1 is 1.62 bits per heavy atom. The van der Waals surface area contributed by atoms with Crippen LogP contribution in [0.4, 0.5) is 4.79 Å². The number of carbonyl (C=O) groups excluding carboxylic acids is 1. The average molecular weight is 226 g/mol. The van der Waals surface area contributed by atoms with E-state index in [1.807, 2.05) is 0 Å². The molecule has 0 bridgehead atoms. The maximum atomic E-state index is 11.1. The molecule has 1 atom stereocenters. The minimum Gasteiger partial charge on any atom is -0.490 e. The molecular weight excluding hydrogens is 206 g/mol. The highest BCUT2D eigenvalue weighted by Gasteiger charge is 2.22. The van der Waals surface area contributed by atoms with Crippen molar-refractivity contribution >= 4 is 6.09 Å². The first-order valence-corrected chi connectivity index (χ1v) is 4.85. The first-order valence-electron chi connectivity index (χ1n) is 7.30. The highest BCUT2D eigenvalue weighted by molar-refractivity contribution is 5.69. The Morgan fingerprint density at radius 3 is 2.88 bits per heavy atom. The number of rotatable bonds is 3. The van der Waals surface area contributed by atoms with Crippen LogP contribution in [0.2, 0.25) is 1.41 Å². The van der Waals surface area contributed by atoms with E-state index in [1.54, 1.807) is 13.8 Å². The molecule has 1 aliphatic heterocycles. The van der Waals surface area contributed by atoms with Crippen LogP contribution in [0, 0.1) is 13.8 Å². The van der Waals surface area contributed by atoms with Gasteiger partial charge in [-0.2, -0.15) is 0 Å². The van der Waals surface area contributed by atoms with Crippen molar-refractivity contribution in [3.63, 3.8) is 0 Å². The third-order valence-electron chi connectivity index (χ3n) is 1.97. The van der Waals surface area contributed by atoms with Crippen molar-refractivity contribution in [2.45, 2.75) is 19.9 Å². The molecule has 1 fully saturated rings. The lowest BCUT2D eigenvalue weighted by atomic mass is 10.1. The molecule has 1 saturated heterocycles. The molecule has 1 N–H and O–H groups in total. The van der Waals surface area contributed by atoms with Gasteiger partial charge in [0, 0.05) is 0 Å². The van der Waals surface area contributed by atoms with Crippen molar-refractivity contribution in [3.8, 4) is 5.75 Å². The van der Waals surface area contributed by atoms with E-state index >= 15 is 0 Å². The van der Waals surface area contributed by atoms with Crippen molar-refractivity contribution in [3.05, 3.63) is 29.3 Å². The van der Waals surface area contributed by atoms with Gasteiger partial charge in [0.2, 0.25) is 0 Å². The van der Waals surface area contributed by atoms with Crippen LogP contribution in [-0.2, 0) is 4.74 Å². The van der Waals surface area contributed by atoms with Crippen LogP contribution in [0.5, 0.6) is 5.75 Å². The molecule has 86 valence electrons. The topological polar surface area (TPSA) is 47.6 Å². The van der Waals surface area contributed by atoms with E-state index in [1.165, 1.54) is 0 Å². The van der Waals surface area contributed by atoms with Crippen LogP contribution >= 0.6 is 0 Å². The number of ether oxygens (including phenoxy) is 2. The Morgan fingerprint density at radius 2 is 2.31 bits per heavy atom. The molecule has 4 nitrogen and oxygen atoms in total. The van der Waals surface area contributed by atoms with E-state index in [0.717, 1.165) is 0 Å². The lowest BCUT2D eigenvalue weighted by Gasteiger charge is -2.11. The van der Waals surface area contributed by atoms with Crippen LogP contribution in [0.3, 0.4) is 0 Å². The fourth-order valence-electron chi connectivity index (χ4n) is 1.36. The number of benzene rings is 1. The Bertz CT molecular complexity index is 580.